The molecule has 0 aromatic heterocycles. The first-order valence-corrected chi connectivity index (χ1v) is 14.4. The van der Waals surface area contributed by atoms with E-state index >= 15 is 0 Å². The first kappa shape index (κ1) is 29.5. The fourth-order valence-corrected chi connectivity index (χ4v) is 6.90. The van der Waals surface area contributed by atoms with Gasteiger partial charge in [0.2, 0.25) is 0 Å². The van der Waals surface area contributed by atoms with Crippen LogP contribution in [0.3, 0.4) is 0 Å². The van der Waals surface area contributed by atoms with Crippen LogP contribution >= 0.6 is 0 Å². The summed E-state index contributed by atoms with van der Waals surface area (Å²) >= 11 is 0. The van der Waals surface area contributed by atoms with Crippen LogP contribution in [0.15, 0.2) is 84.6 Å². The van der Waals surface area contributed by atoms with Gasteiger partial charge in [-0.05, 0) is 72.1 Å². The maximum atomic E-state index is 14.4. The minimum atomic E-state index is -4.50. The number of nitrogens with zero attached hydrogens (tertiary/aromatic N) is 4. The van der Waals surface area contributed by atoms with Crippen molar-refractivity contribution in [2.45, 2.75) is 44.7 Å². The molecule has 2 heterocycles. The summed E-state index contributed by atoms with van der Waals surface area (Å²) in [7, 11) is 3.75. The summed E-state index contributed by atoms with van der Waals surface area (Å²) in [6, 6.07) is 8.11. The molecule has 9 heteroatoms. The van der Waals surface area contributed by atoms with E-state index in [0.717, 1.165) is 43.1 Å². The van der Waals surface area contributed by atoms with Gasteiger partial charge in [-0.15, -0.1) is 0 Å². The molecule has 1 aromatic carbocycles. The number of hydrazine groups is 1. The van der Waals surface area contributed by atoms with E-state index in [1.807, 2.05) is 30.3 Å². The lowest BCUT2D eigenvalue weighted by Gasteiger charge is -2.45. The molecule has 1 unspecified atom stereocenters. The quantitative estimate of drug-likeness (QED) is 0.216. The molecule has 41 heavy (non-hydrogen) atoms. The number of allylic oxidation sites excluding steroid dienone is 2. The summed E-state index contributed by atoms with van der Waals surface area (Å²) in [5.74, 6) is 6.78. The van der Waals surface area contributed by atoms with Crippen LogP contribution in [-0.2, 0) is 5.41 Å². The zero-order valence-electron chi connectivity index (χ0n) is 24.6. The van der Waals surface area contributed by atoms with Crippen LogP contribution in [0.25, 0.3) is 0 Å². The van der Waals surface area contributed by atoms with E-state index in [2.05, 4.69) is 49.0 Å². The van der Waals surface area contributed by atoms with Gasteiger partial charge in [0.1, 0.15) is 0 Å². The van der Waals surface area contributed by atoms with E-state index in [-0.39, 0.29) is 11.1 Å². The summed E-state index contributed by atoms with van der Waals surface area (Å²) in [5, 5.41) is 0. The Hall–Kier alpha value is -3.01. The number of nitrogens with one attached hydrogen (secondary N) is 1. The molecule has 3 N–H and O–H groups in total. The number of rotatable bonds is 10. The molecular formula is C32H43F3N6. The molecule has 222 valence electrons. The van der Waals surface area contributed by atoms with Crippen LogP contribution in [0.5, 0.6) is 0 Å². The van der Waals surface area contributed by atoms with Crippen LogP contribution in [0.4, 0.5) is 18.9 Å². The Morgan fingerprint density at radius 1 is 1.17 bits per heavy atom. The average Bonchev–Trinajstić information content (AvgIpc) is 3.56. The van der Waals surface area contributed by atoms with Gasteiger partial charge in [-0.2, -0.15) is 13.2 Å². The number of hydrogen-bond acceptors (Lipinski definition) is 6. The Labute approximate surface area is 242 Å². The second-order valence-electron chi connectivity index (χ2n) is 12.7. The van der Waals surface area contributed by atoms with Gasteiger partial charge in [0.05, 0.1) is 17.9 Å². The van der Waals surface area contributed by atoms with Gasteiger partial charge in [0.25, 0.3) is 0 Å². The summed E-state index contributed by atoms with van der Waals surface area (Å²) < 4.78 is 43.2. The average molecular weight is 569 g/mol. The summed E-state index contributed by atoms with van der Waals surface area (Å²) in [6.07, 6.45) is 9.12. The molecule has 1 saturated heterocycles. The molecule has 1 spiro atoms. The van der Waals surface area contributed by atoms with Crippen molar-refractivity contribution in [2.24, 2.45) is 23.1 Å². The Balaban J connectivity index is 1.38. The molecule has 4 aliphatic rings. The fourth-order valence-electron chi connectivity index (χ4n) is 6.90. The predicted molar refractivity (Wildman–Crippen MR) is 159 cm³/mol. The van der Waals surface area contributed by atoms with E-state index in [1.54, 1.807) is 24.3 Å². The molecule has 2 aliphatic heterocycles. The summed E-state index contributed by atoms with van der Waals surface area (Å²) in [4.78, 5) is 7.50. The van der Waals surface area contributed by atoms with Crippen LogP contribution < -0.4 is 16.2 Å². The first-order chi connectivity index (χ1) is 19.4. The van der Waals surface area contributed by atoms with Crippen molar-refractivity contribution in [1.29, 1.82) is 0 Å². The van der Waals surface area contributed by atoms with Crippen LogP contribution in [0.2, 0.25) is 0 Å². The molecule has 5 rings (SSSR count). The van der Waals surface area contributed by atoms with Gasteiger partial charge in [-0.1, -0.05) is 38.6 Å². The van der Waals surface area contributed by atoms with Crippen LogP contribution in [0.1, 0.15) is 38.7 Å². The zero-order chi connectivity index (χ0) is 29.6. The highest BCUT2D eigenvalue weighted by atomic mass is 19.4. The lowest BCUT2D eigenvalue weighted by Crippen LogP contribution is -2.50. The normalized spacial score (nSPS) is 28.3. The maximum absolute atomic E-state index is 14.4. The fraction of sp³-hybridized carbons (Fsp3) is 0.500. The topological polar surface area (TPSA) is 51.0 Å². The number of hydrogen-bond donors (Lipinski definition) is 2. The second-order valence-corrected chi connectivity index (χ2v) is 12.7. The molecule has 0 bridgehead atoms. The van der Waals surface area contributed by atoms with Crippen molar-refractivity contribution in [1.82, 2.24) is 20.1 Å². The summed E-state index contributed by atoms with van der Waals surface area (Å²) in [6.45, 7) is 11.3. The Morgan fingerprint density at radius 3 is 2.46 bits per heavy atom. The highest BCUT2D eigenvalue weighted by Crippen LogP contribution is 2.58. The van der Waals surface area contributed by atoms with Gasteiger partial charge in [0.15, 0.2) is 0 Å². The van der Waals surface area contributed by atoms with Gasteiger partial charge >= 0.3 is 6.18 Å². The largest absolute Gasteiger partial charge is 0.418 e. The molecule has 2 aliphatic carbocycles. The molecule has 1 aromatic rings. The van der Waals surface area contributed by atoms with E-state index in [0.29, 0.717) is 30.1 Å². The van der Waals surface area contributed by atoms with Crippen LogP contribution in [0, 0.1) is 17.3 Å². The number of likely N-dealkylation sites (tertiary alicyclic amines) is 1. The van der Waals surface area contributed by atoms with E-state index in [9.17, 15) is 13.2 Å². The lowest BCUT2D eigenvalue weighted by atomic mass is 9.59. The smallest absolute Gasteiger partial charge is 0.367 e. The van der Waals surface area contributed by atoms with Gasteiger partial charge in [0, 0.05) is 63.4 Å². The van der Waals surface area contributed by atoms with Crippen LogP contribution in [-0.4, -0.2) is 61.3 Å². The van der Waals surface area contributed by atoms with Gasteiger partial charge < -0.3 is 14.7 Å². The molecule has 2 saturated carbocycles. The number of anilines is 1. The molecule has 3 fully saturated rings. The predicted octanol–water partition coefficient (Wildman–Crippen LogP) is 5.67. The second kappa shape index (κ2) is 11.0. The number of halogens is 3. The SMILES string of the molecule is C=CN1C=C(CN2CC3(CC3C)C2)C=C(C(F)(F)F)/C1=C/N(C)c1cccc(C2(/C=C\N(C)CNN)CC(C)C2)c1. The third kappa shape index (κ3) is 5.98. The maximum Gasteiger partial charge on any atom is 0.418 e. The third-order valence-electron chi connectivity index (χ3n) is 9.33. The number of alkyl halides is 3. The molecular weight excluding hydrogens is 525 g/mol. The van der Waals surface area contributed by atoms with E-state index in [1.165, 1.54) is 23.6 Å². The van der Waals surface area contributed by atoms with Gasteiger partial charge in [-0.25, -0.2) is 5.43 Å². The van der Waals surface area contributed by atoms with Crippen molar-refractivity contribution >= 4 is 5.69 Å². The van der Waals surface area contributed by atoms with Crippen molar-refractivity contribution in [2.75, 3.05) is 45.3 Å². The monoisotopic (exact) mass is 568 g/mol. The molecule has 0 amide bonds. The molecule has 6 nitrogen and oxygen atoms in total. The molecule has 1 atom stereocenters. The minimum absolute atomic E-state index is 0.0582. The standard InChI is InChI=1S/C32H43F3N6/c1-6-41-18-25(17-40-20-31(21-40)16-24(31)3)12-28(32(33,34)35)29(41)19-39(5)27-9-7-8-26(13-27)30(14-23(2)15-30)10-11-38(4)22-37-36/h6-13,18-19,23-24,37H,1,14-17,20-22,36H2,2-5H3/b11-10-,29-19-. The number of benzene rings is 1. The Bertz CT molecular complexity index is 1270. The van der Waals surface area contributed by atoms with Gasteiger partial charge in [-0.3, -0.25) is 10.7 Å². The number of nitrogens with two attached hydrogens (primary N) is 1. The van der Waals surface area contributed by atoms with Crippen molar-refractivity contribution in [3.05, 3.63) is 90.2 Å². The van der Waals surface area contributed by atoms with Crippen molar-refractivity contribution < 1.29 is 13.2 Å². The Morgan fingerprint density at radius 2 is 1.88 bits per heavy atom. The van der Waals surface area contributed by atoms with E-state index in [4.69, 9.17) is 5.84 Å². The van der Waals surface area contributed by atoms with Crippen molar-refractivity contribution in [3.63, 3.8) is 0 Å². The highest BCUT2D eigenvalue weighted by Gasteiger charge is 2.58. The zero-order valence-corrected chi connectivity index (χ0v) is 24.6. The van der Waals surface area contributed by atoms with E-state index < -0.39 is 11.7 Å². The highest BCUT2D eigenvalue weighted by molar-refractivity contribution is 5.56. The molecule has 0 radical (unpaired) electrons. The van der Waals surface area contributed by atoms with Crippen molar-refractivity contribution in [3.8, 4) is 0 Å². The lowest BCUT2D eigenvalue weighted by molar-refractivity contribution is -0.0910. The first-order valence-electron chi connectivity index (χ1n) is 14.4. The Kier molecular flexibility index (Phi) is 7.91. The minimum Gasteiger partial charge on any atom is -0.367 e. The third-order valence-corrected chi connectivity index (χ3v) is 9.33. The summed E-state index contributed by atoms with van der Waals surface area (Å²) in [5.41, 5.74) is 4.97.